The lowest BCUT2D eigenvalue weighted by Crippen LogP contribution is -3.00. The van der Waals surface area contributed by atoms with Crippen LogP contribution in [0.2, 0.25) is 5.28 Å². The van der Waals surface area contributed by atoms with Crippen molar-refractivity contribution < 1.29 is 17.0 Å². The number of nitrogens with zero attached hydrogens (tertiary/aromatic N) is 2. The third kappa shape index (κ3) is 1.40. The second-order valence-corrected chi connectivity index (χ2v) is 3.21. The van der Waals surface area contributed by atoms with Crippen LogP contribution in [-0.4, -0.2) is 4.57 Å². The van der Waals surface area contributed by atoms with Gasteiger partial charge in [-0.1, -0.05) is 12.1 Å². The maximum Gasteiger partial charge on any atom is 0.355 e. The molecule has 70 valence electrons. The average Bonchev–Trinajstić information content (AvgIpc) is 2.33. The Bertz CT molecular complexity index is 395. The second kappa shape index (κ2) is 3.56. The van der Waals surface area contributed by atoms with Gasteiger partial charge in [0.25, 0.3) is 0 Å². The van der Waals surface area contributed by atoms with E-state index in [-0.39, 0.29) is 12.4 Å². The van der Waals surface area contributed by atoms with Crippen molar-refractivity contribution in [2.75, 3.05) is 0 Å². The van der Waals surface area contributed by atoms with Gasteiger partial charge in [-0.15, -0.1) is 0 Å². The Morgan fingerprint density at radius 1 is 1.31 bits per heavy atom. The number of rotatable bonds is 0. The lowest BCUT2D eigenvalue weighted by atomic mass is 10.3. The molecule has 0 radical (unpaired) electrons. The van der Waals surface area contributed by atoms with E-state index in [9.17, 15) is 0 Å². The number of halogens is 2. The summed E-state index contributed by atoms with van der Waals surface area (Å²) in [6, 6.07) is 8.14. The van der Waals surface area contributed by atoms with Crippen LogP contribution in [0.4, 0.5) is 0 Å². The normalized spacial score (nSPS) is 10.1. The summed E-state index contributed by atoms with van der Waals surface area (Å²) in [4.78, 5) is 0. The van der Waals surface area contributed by atoms with E-state index in [0.717, 1.165) is 16.3 Å². The van der Waals surface area contributed by atoms with E-state index in [2.05, 4.69) is 12.1 Å². The van der Waals surface area contributed by atoms with Gasteiger partial charge in [0, 0.05) is 11.6 Å². The molecule has 0 bridgehead atoms. The van der Waals surface area contributed by atoms with Crippen LogP contribution in [0.25, 0.3) is 11.0 Å². The third-order valence-corrected chi connectivity index (χ3v) is 2.67. The van der Waals surface area contributed by atoms with Gasteiger partial charge in [-0.25, -0.2) is 9.13 Å². The van der Waals surface area contributed by atoms with E-state index in [1.807, 2.05) is 35.4 Å². The molecule has 1 aromatic carbocycles. The molecular weight excluding hydrogens is 207 g/mol. The Balaban J connectivity index is 0.000000845. The van der Waals surface area contributed by atoms with Crippen LogP contribution in [0.1, 0.15) is 0 Å². The minimum Gasteiger partial charge on any atom is -1.00 e. The molecule has 0 unspecified atom stereocenters. The Labute approximate surface area is 88.1 Å². The summed E-state index contributed by atoms with van der Waals surface area (Å²) in [5.74, 6) is 0. The first kappa shape index (κ1) is 10.4. The van der Waals surface area contributed by atoms with E-state index in [1.54, 1.807) is 0 Å². The summed E-state index contributed by atoms with van der Waals surface area (Å²) in [6.07, 6.45) is 0. The Kier molecular flexibility index (Phi) is 2.84. The number of fused-ring (bicyclic) bond motifs is 1. The molecule has 1 heterocycles. The zero-order valence-corrected chi connectivity index (χ0v) is 8.97. The van der Waals surface area contributed by atoms with Crippen molar-refractivity contribution in [2.24, 2.45) is 14.1 Å². The zero-order chi connectivity index (χ0) is 8.72. The van der Waals surface area contributed by atoms with E-state index >= 15 is 0 Å². The standard InChI is InChI=1S/C9H10ClN2.ClH/c1-11-7-5-3-4-6-8(7)12(2)9(11)10;/h3-6H,1-2H3;1H/q+1;/p-1. The highest BCUT2D eigenvalue weighted by Crippen LogP contribution is 2.14. The maximum atomic E-state index is 6.05. The van der Waals surface area contributed by atoms with Crippen molar-refractivity contribution >= 4 is 22.6 Å². The molecule has 4 heteroatoms. The van der Waals surface area contributed by atoms with E-state index in [0.29, 0.717) is 0 Å². The molecule has 0 amide bonds. The highest BCUT2D eigenvalue weighted by atomic mass is 35.5. The highest BCUT2D eigenvalue weighted by molar-refractivity contribution is 6.28. The predicted molar refractivity (Wildman–Crippen MR) is 49.1 cm³/mol. The van der Waals surface area contributed by atoms with Gasteiger partial charge in [-0.05, 0) is 12.1 Å². The second-order valence-electron chi connectivity index (χ2n) is 2.88. The molecule has 2 rings (SSSR count). The highest BCUT2D eigenvalue weighted by Gasteiger charge is 2.16. The van der Waals surface area contributed by atoms with Crippen LogP contribution < -0.4 is 17.0 Å². The Hall–Kier alpha value is -0.730. The van der Waals surface area contributed by atoms with Gasteiger partial charge in [0.1, 0.15) is 0 Å². The lowest BCUT2D eigenvalue weighted by molar-refractivity contribution is -0.643. The summed E-state index contributed by atoms with van der Waals surface area (Å²) in [6.45, 7) is 0. The first-order valence-corrected chi connectivity index (χ1v) is 4.18. The largest absolute Gasteiger partial charge is 1.00 e. The van der Waals surface area contributed by atoms with Gasteiger partial charge in [-0.3, -0.25) is 0 Å². The van der Waals surface area contributed by atoms with Gasteiger partial charge >= 0.3 is 5.28 Å². The lowest BCUT2D eigenvalue weighted by Gasteiger charge is -1.84. The molecule has 0 saturated heterocycles. The fraction of sp³-hybridized carbons (Fsp3) is 0.222. The van der Waals surface area contributed by atoms with Crippen molar-refractivity contribution in [2.45, 2.75) is 0 Å². The SMILES string of the molecule is Cn1c(Cl)[n+](C)c2ccccc21.[Cl-]. The summed E-state index contributed by atoms with van der Waals surface area (Å²) in [5, 5.41) is 0.746. The molecule has 0 aliphatic carbocycles. The first-order chi connectivity index (χ1) is 5.72. The van der Waals surface area contributed by atoms with Crippen LogP contribution in [0.3, 0.4) is 0 Å². The first-order valence-electron chi connectivity index (χ1n) is 3.81. The molecule has 0 fully saturated rings. The fourth-order valence-corrected chi connectivity index (χ4v) is 1.64. The summed E-state index contributed by atoms with van der Waals surface area (Å²) in [5.41, 5.74) is 2.31. The summed E-state index contributed by atoms with van der Waals surface area (Å²) < 4.78 is 3.94. The molecule has 0 aliphatic heterocycles. The van der Waals surface area contributed by atoms with Crippen molar-refractivity contribution in [1.29, 1.82) is 0 Å². The molecule has 0 saturated carbocycles. The van der Waals surface area contributed by atoms with Gasteiger partial charge < -0.3 is 12.4 Å². The molecule has 1 aromatic heterocycles. The van der Waals surface area contributed by atoms with Crippen molar-refractivity contribution in [3.05, 3.63) is 29.5 Å². The molecule has 2 aromatic rings. The van der Waals surface area contributed by atoms with Gasteiger partial charge in [0.15, 0.2) is 11.0 Å². The summed E-state index contributed by atoms with van der Waals surface area (Å²) >= 11 is 6.05. The quantitative estimate of drug-likeness (QED) is 0.483. The van der Waals surface area contributed by atoms with Crippen molar-refractivity contribution in [3.8, 4) is 0 Å². The van der Waals surface area contributed by atoms with E-state index < -0.39 is 0 Å². The third-order valence-electron chi connectivity index (χ3n) is 2.16. The van der Waals surface area contributed by atoms with Gasteiger partial charge in [0.05, 0.1) is 14.1 Å². The minimum absolute atomic E-state index is 0. The topological polar surface area (TPSA) is 8.81 Å². The molecule has 13 heavy (non-hydrogen) atoms. The predicted octanol–water partition coefficient (Wildman–Crippen LogP) is -1.34. The van der Waals surface area contributed by atoms with E-state index in [1.165, 1.54) is 0 Å². The van der Waals surface area contributed by atoms with Gasteiger partial charge in [0.2, 0.25) is 0 Å². The van der Waals surface area contributed by atoms with Crippen LogP contribution >= 0.6 is 11.6 Å². The van der Waals surface area contributed by atoms with Crippen molar-refractivity contribution in [1.82, 2.24) is 4.57 Å². The van der Waals surface area contributed by atoms with Crippen LogP contribution in [0.15, 0.2) is 24.3 Å². The summed E-state index contributed by atoms with van der Waals surface area (Å²) in [7, 11) is 3.93. The number of para-hydroxylation sites is 2. The maximum absolute atomic E-state index is 6.05. The molecular formula is C9H10Cl2N2. The number of hydrogen-bond acceptors (Lipinski definition) is 0. The number of benzene rings is 1. The number of imidazole rings is 1. The minimum atomic E-state index is 0. The molecule has 0 spiro atoms. The molecule has 0 N–H and O–H groups in total. The molecule has 0 aliphatic rings. The monoisotopic (exact) mass is 216 g/mol. The van der Waals surface area contributed by atoms with Crippen molar-refractivity contribution in [3.63, 3.8) is 0 Å². The molecule has 2 nitrogen and oxygen atoms in total. The zero-order valence-electron chi connectivity index (χ0n) is 7.46. The average molecular weight is 217 g/mol. The number of aromatic nitrogens is 2. The molecule has 0 atom stereocenters. The number of aryl methyl sites for hydroxylation is 2. The Morgan fingerprint density at radius 3 is 2.54 bits per heavy atom. The number of hydrogen-bond donors (Lipinski definition) is 0. The van der Waals surface area contributed by atoms with Crippen LogP contribution in [-0.2, 0) is 14.1 Å². The smallest absolute Gasteiger partial charge is 0.355 e. The van der Waals surface area contributed by atoms with Crippen LogP contribution in [0.5, 0.6) is 0 Å². The fourth-order valence-electron chi connectivity index (χ4n) is 1.46. The van der Waals surface area contributed by atoms with Crippen LogP contribution in [0, 0.1) is 0 Å². The van der Waals surface area contributed by atoms with Gasteiger partial charge in [-0.2, -0.15) is 0 Å². The van der Waals surface area contributed by atoms with E-state index in [4.69, 9.17) is 11.6 Å². The Morgan fingerprint density at radius 2 is 1.92 bits per heavy atom.